The molecule has 0 saturated heterocycles. The van der Waals surface area contributed by atoms with Crippen LogP contribution in [-0.4, -0.2) is 5.71 Å². The van der Waals surface area contributed by atoms with E-state index >= 15 is 0 Å². The number of para-hydroxylation sites is 3. The molecule has 3 aliphatic rings. The van der Waals surface area contributed by atoms with Gasteiger partial charge in [-0.25, -0.2) is 0 Å². The zero-order valence-corrected chi connectivity index (χ0v) is 34.0. The van der Waals surface area contributed by atoms with E-state index in [4.69, 9.17) is 4.99 Å². The Bertz CT molecular complexity index is 3160. The number of benzene rings is 9. The standard InChI is InChI=1S/C59H41N3/c1-4-18-42(19-5-1)54-39-55(43-20-6-2-7-21-43)61-58(60-54)49-26-11-10-24-46(49)41-34-32-40(33-35-41)44-36-37-48-47-25-12-13-27-50(47)59(53(48)38-44)51-28-14-16-30-56(51)62(45-22-8-3-9-23-45)57-31-17-15-29-52(57)59/h1-39,58,60H. The van der Waals surface area contributed by atoms with Crippen LogP contribution in [0.3, 0.4) is 0 Å². The lowest BCUT2D eigenvalue weighted by Gasteiger charge is -2.45. The fourth-order valence-corrected chi connectivity index (χ4v) is 10.2. The summed E-state index contributed by atoms with van der Waals surface area (Å²) < 4.78 is 0. The van der Waals surface area contributed by atoms with E-state index in [1.54, 1.807) is 0 Å². The largest absolute Gasteiger partial charge is 0.359 e. The lowest BCUT2D eigenvalue weighted by atomic mass is 9.64. The second kappa shape index (κ2) is 14.6. The maximum absolute atomic E-state index is 5.32. The highest BCUT2D eigenvalue weighted by molar-refractivity contribution is 6.13. The van der Waals surface area contributed by atoms with E-state index in [1.165, 1.54) is 55.9 Å². The second-order valence-electron chi connectivity index (χ2n) is 16.3. The van der Waals surface area contributed by atoms with Crippen LogP contribution in [0.15, 0.2) is 242 Å². The van der Waals surface area contributed by atoms with Crippen molar-refractivity contribution in [3.63, 3.8) is 0 Å². The summed E-state index contributed by atoms with van der Waals surface area (Å²) in [6, 6.07) is 83.7. The minimum Gasteiger partial charge on any atom is -0.359 e. The normalized spacial score (nSPS) is 15.4. The number of fused-ring (bicyclic) bond motifs is 9. The molecule has 3 heteroatoms. The monoisotopic (exact) mass is 791 g/mol. The summed E-state index contributed by atoms with van der Waals surface area (Å²) in [5.41, 5.74) is 20.9. The third-order valence-electron chi connectivity index (χ3n) is 12.9. The van der Waals surface area contributed by atoms with Gasteiger partial charge in [-0.3, -0.25) is 4.99 Å². The molecule has 0 radical (unpaired) electrons. The van der Waals surface area contributed by atoms with E-state index in [9.17, 15) is 0 Å². The highest BCUT2D eigenvalue weighted by atomic mass is 15.2. The highest BCUT2D eigenvalue weighted by Gasteiger charge is 2.51. The van der Waals surface area contributed by atoms with Crippen LogP contribution in [0.2, 0.25) is 0 Å². The van der Waals surface area contributed by atoms with Crippen LogP contribution >= 0.6 is 0 Å². The molecular weight excluding hydrogens is 751 g/mol. The first-order chi connectivity index (χ1) is 30.8. The Morgan fingerprint density at radius 3 is 1.60 bits per heavy atom. The van der Waals surface area contributed by atoms with Crippen LogP contribution < -0.4 is 10.2 Å². The summed E-state index contributed by atoms with van der Waals surface area (Å²) in [5, 5.41) is 3.79. The Kier molecular flexibility index (Phi) is 8.46. The molecule has 1 atom stereocenters. The minimum atomic E-state index is -0.502. The van der Waals surface area contributed by atoms with Gasteiger partial charge in [-0.2, -0.15) is 0 Å². The summed E-state index contributed by atoms with van der Waals surface area (Å²) >= 11 is 0. The van der Waals surface area contributed by atoms with Gasteiger partial charge < -0.3 is 10.2 Å². The molecule has 0 fully saturated rings. The van der Waals surface area contributed by atoms with E-state index in [0.717, 1.165) is 44.9 Å². The molecule has 1 unspecified atom stereocenters. The predicted octanol–water partition coefficient (Wildman–Crippen LogP) is 14.3. The van der Waals surface area contributed by atoms with Gasteiger partial charge in [0.25, 0.3) is 0 Å². The van der Waals surface area contributed by atoms with Gasteiger partial charge >= 0.3 is 0 Å². The zero-order chi connectivity index (χ0) is 41.0. The number of hydrogen-bond donors (Lipinski definition) is 1. The van der Waals surface area contributed by atoms with Gasteiger partial charge in [-0.1, -0.05) is 200 Å². The van der Waals surface area contributed by atoms with E-state index in [-0.39, 0.29) is 6.17 Å². The van der Waals surface area contributed by atoms with Crippen LogP contribution in [-0.2, 0) is 5.41 Å². The molecule has 0 amide bonds. The number of nitrogens with one attached hydrogen (secondary N) is 1. The molecule has 12 rings (SSSR count). The minimum absolute atomic E-state index is 0.269. The first-order valence-corrected chi connectivity index (χ1v) is 21.4. The zero-order valence-electron chi connectivity index (χ0n) is 34.0. The lowest BCUT2D eigenvalue weighted by molar-refractivity contribution is 0.665. The summed E-state index contributed by atoms with van der Waals surface area (Å²) in [7, 11) is 0. The molecule has 62 heavy (non-hydrogen) atoms. The van der Waals surface area contributed by atoms with Crippen molar-refractivity contribution >= 4 is 28.5 Å². The van der Waals surface area contributed by atoms with E-state index in [0.29, 0.717) is 0 Å². The first-order valence-electron chi connectivity index (χ1n) is 21.4. The van der Waals surface area contributed by atoms with Crippen molar-refractivity contribution < 1.29 is 0 Å². The van der Waals surface area contributed by atoms with Crippen molar-refractivity contribution in [3.05, 3.63) is 276 Å². The van der Waals surface area contributed by atoms with Crippen LogP contribution in [0.5, 0.6) is 0 Å². The maximum atomic E-state index is 5.32. The molecule has 1 N–H and O–H groups in total. The molecule has 0 bridgehead atoms. The van der Waals surface area contributed by atoms with Crippen LogP contribution in [0.25, 0.3) is 39.1 Å². The molecule has 2 aliphatic heterocycles. The van der Waals surface area contributed by atoms with Crippen LogP contribution in [0, 0.1) is 0 Å². The number of allylic oxidation sites excluding steroid dienone is 1. The van der Waals surface area contributed by atoms with Gasteiger partial charge in [0.05, 0.1) is 22.5 Å². The average molecular weight is 792 g/mol. The summed E-state index contributed by atoms with van der Waals surface area (Å²) in [5.74, 6) is 0. The highest BCUT2D eigenvalue weighted by Crippen LogP contribution is 2.63. The van der Waals surface area contributed by atoms with Gasteiger partial charge in [0, 0.05) is 16.9 Å². The molecule has 2 heterocycles. The molecular formula is C59H41N3. The average Bonchev–Trinajstić information content (AvgIpc) is 3.65. The number of nitrogens with zero attached hydrogens (tertiary/aromatic N) is 2. The molecule has 1 spiro atoms. The smallest absolute Gasteiger partial charge is 0.146 e. The molecule has 9 aromatic rings. The van der Waals surface area contributed by atoms with Gasteiger partial charge in [-0.05, 0) is 103 Å². The number of anilines is 3. The third kappa shape index (κ3) is 5.63. The SMILES string of the molecule is C1=C(c2ccccc2)NC(c2ccccc2-c2ccc(-c3ccc4c(c3)C3(c5ccccc5-4)c4ccccc4N(c4ccccc4)c4ccccc43)cc2)N=C1c1ccccc1. The van der Waals surface area contributed by atoms with E-state index in [2.05, 4.69) is 247 Å². The molecule has 3 nitrogen and oxygen atoms in total. The van der Waals surface area contributed by atoms with Crippen molar-refractivity contribution in [3.8, 4) is 33.4 Å². The molecule has 1 aliphatic carbocycles. The van der Waals surface area contributed by atoms with Gasteiger partial charge in [0.2, 0.25) is 0 Å². The van der Waals surface area contributed by atoms with Crippen molar-refractivity contribution in [1.82, 2.24) is 5.32 Å². The number of aliphatic imine (C=N–C) groups is 1. The summed E-state index contributed by atoms with van der Waals surface area (Å²) in [6.07, 6.45) is 1.90. The van der Waals surface area contributed by atoms with Crippen LogP contribution in [0.4, 0.5) is 17.1 Å². The third-order valence-corrected chi connectivity index (χ3v) is 12.9. The quantitative estimate of drug-likeness (QED) is 0.182. The molecule has 292 valence electrons. The van der Waals surface area contributed by atoms with Crippen molar-refractivity contribution in [2.24, 2.45) is 4.99 Å². The Labute approximate surface area is 362 Å². The predicted molar refractivity (Wildman–Crippen MR) is 256 cm³/mol. The summed E-state index contributed by atoms with van der Waals surface area (Å²) in [4.78, 5) is 7.76. The first kappa shape index (κ1) is 35.9. The second-order valence-corrected chi connectivity index (χ2v) is 16.3. The molecule has 0 saturated carbocycles. The molecule has 0 aromatic heterocycles. The number of hydrogen-bond acceptors (Lipinski definition) is 3. The van der Waals surface area contributed by atoms with Gasteiger partial charge in [0.15, 0.2) is 0 Å². The molecule has 9 aromatic carbocycles. The fourth-order valence-electron chi connectivity index (χ4n) is 10.2. The van der Waals surface area contributed by atoms with Gasteiger partial charge in [0.1, 0.15) is 6.17 Å². The Morgan fingerprint density at radius 2 is 0.903 bits per heavy atom. The van der Waals surface area contributed by atoms with Gasteiger partial charge in [-0.15, -0.1) is 0 Å². The Hall–Kier alpha value is -8.01. The van der Waals surface area contributed by atoms with Crippen molar-refractivity contribution in [2.75, 3.05) is 4.90 Å². The van der Waals surface area contributed by atoms with E-state index < -0.39 is 5.41 Å². The number of rotatable bonds is 6. The van der Waals surface area contributed by atoms with Crippen LogP contribution in [0.1, 0.15) is 45.1 Å². The summed E-state index contributed by atoms with van der Waals surface area (Å²) in [6.45, 7) is 0. The fraction of sp³-hybridized carbons (Fsp3) is 0.0339. The van der Waals surface area contributed by atoms with Crippen molar-refractivity contribution in [2.45, 2.75) is 11.6 Å². The Morgan fingerprint density at radius 1 is 0.387 bits per heavy atom. The lowest BCUT2D eigenvalue weighted by Crippen LogP contribution is -2.36. The Balaban J connectivity index is 0.960. The maximum Gasteiger partial charge on any atom is 0.146 e. The topological polar surface area (TPSA) is 27.6 Å². The van der Waals surface area contributed by atoms with E-state index in [1.807, 2.05) is 0 Å². The van der Waals surface area contributed by atoms with Crippen molar-refractivity contribution in [1.29, 1.82) is 0 Å².